The Morgan fingerprint density at radius 2 is 1.87 bits per heavy atom. The molecule has 0 aliphatic carbocycles. The van der Waals surface area contributed by atoms with Crippen molar-refractivity contribution in [3.05, 3.63) is 53.8 Å². The molecule has 6 nitrogen and oxygen atoms in total. The van der Waals surface area contributed by atoms with Gasteiger partial charge in [-0.3, -0.25) is 4.31 Å². The molecule has 2 aromatic carbocycles. The monoisotopic (exact) mass is 339 g/mol. The number of ether oxygens (including phenoxy) is 1. The first-order chi connectivity index (χ1) is 10.8. The molecule has 8 heteroatoms. The van der Waals surface area contributed by atoms with E-state index in [9.17, 15) is 17.6 Å². The molecule has 0 radical (unpaired) electrons. The Hall–Kier alpha value is -2.61. The number of para-hydroxylation sites is 1. The molecule has 23 heavy (non-hydrogen) atoms. The van der Waals surface area contributed by atoms with Crippen molar-refractivity contribution in [2.45, 2.75) is 4.90 Å². The molecular formula is C15H14FNO5S. The summed E-state index contributed by atoms with van der Waals surface area (Å²) in [4.78, 5) is 10.9. The minimum absolute atomic E-state index is 0.0324. The predicted molar refractivity (Wildman–Crippen MR) is 81.9 cm³/mol. The quantitative estimate of drug-likeness (QED) is 0.904. The number of carboxylic acid groups (broad SMARTS) is 1. The largest absolute Gasteiger partial charge is 0.496 e. The van der Waals surface area contributed by atoms with Crippen molar-refractivity contribution >= 4 is 21.7 Å². The highest BCUT2D eigenvalue weighted by atomic mass is 32.2. The van der Waals surface area contributed by atoms with Crippen LogP contribution < -0.4 is 9.04 Å². The van der Waals surface area contributed by atoms with Crippen LogP contribution in [0.15, 0.2) is 47.4 Å². The molecule has 0 unspecified atom stereocenters. The van der Waals surface area contributed by atoms with Gasteiger partial charge in [-0.05, 0) is 30.3 Å². The molecule has 0 aliphatic heterocycles. The maximum atomic E-state index is 13.8. The zero-order valence-corrected chi connectivity index (χ0v) is 13.2. The summed E-state index contributed by atoms with van der Waals surface area (Å²) in [6, 6.07) is 8.82. The van der Waals surface area contributed by atoms with Gasteiger partial charge < -0.3 is 9.84 Å². The number of methoxy groups -OCH3 is 1. The lowest BCUT2D eigenvalue weighted by molar-refractivity contribution is 0.0693. The van der Waals surface area contributed by atoms with E-state index in [1.54, 1.807) is 0 Å². The fourth-order valence-corrected chi connectivity index (χ4v) is 3.24. The number of nitrogens with zero attached hydrogens (tertiary/aromatic N) is 1. The average Bonchev–Trinajstić information content (AvgIpc) is 2.53. The van der Waals surface area contributed by atoms with Crippen LogP contribution in [0.5, 0.6) is 5.75 Å². The Kier molecular flexibility index (Phi) is 4.55. The van der Waals surface area contributed by atoms with E-state index in [2.05, 4.69) is 0 Å². The summed E-state index contributed by atoms with van der Waals surface area (Å²) in [5, 5.41) is 9.14. The number of sulfonamides is 1. The average molecular weight is 339 g/mol. The number of benzene rings is 2. The van der Waals surface area contributed by atoms with Crippen molar-refractivity contribution in [3.8, 4) is 5.75 Å². The Morgan fingerprint density at radius 3 is 2.43 bits per heavy atom. The van der Waals surface area contributed by atoms with E-state index in [-0.39, 0.29) is 21.9 Å². The lowest BCUT2D eigenvalue weighted by Gasteiger charge is -2.20. The van der Waals surface area contributed by atoms with Gasteiger partial charge in [0.25, 0.3) is 10.0 Å². The highest BCUT2D eigenvalue weighted by molar-refractivity contribution is 7.92. The smallest absolute Gasteiger partial charge is 0.339 e. The fraction of sp³-hybridized carbons (Fsp3) is 0.133. The first-order valence-corrected chi connectivity index (χ1v) is 7.88. The van der Waals surface area contributed by atoms with Gasteiger partial charge in [0, 0.05) is 7.05 Å². The van der Waals surface area contributed by atoms with Gasteiger partial charge in [0.15, 0.2) is 0 Å². The van der Waals surface area contributed by atoms with Crippen LogP contribution in [0, 0.1) is 5.82 Å². The topological polar surface area (TPSA) is 83.9 Å². The third-order valence-electron chi connectivity index (χ3n) is 3.25. The first kappa shape index (κ1) is 16.8. The van der Waals surface area contributed by atoms with Gasteiger partial charge in [-0.1, -0.05) is 12.1 Å². The number of rotatable bonds is 5. The zero-order chi connectivity index (χ0) is 17.2. The molecule has 0 fully saturated rings. The Balaban J connectivity index is 2.54. The molecule has 2 aromatic rings. The maximum Gasteiger partial charge on any atom is 0.339 e. The van der Waals surface area contributed by atoms with E-state index in [0.717, 1.165) is 16.4 Å². The van der Waals surface area contributed by atoms with Crippen LogP contribution in [-0.4, -0.2) is 33.7 Å². The van der Waals surface area contributed by atoms with Gasteiger partial charge >= 0.3 is 5.97 Å². The van der Waals surface area contributed by atoms with E-state index < -0.39 is 21.8 Å². The van der Waals surface area contributed by atoms with Crippen LogP contribution in [0.3, 0.4) is 0 Å². The highest BCUT2D eigenvalue weighted by Gasteiger charge is 2.25. The molecule has 1 N–H and O–H groups in total. The van der Waals surface area contributed by atoms with E-state index in [0.29, 0.717) is 0 Å². The number of hydrogen-bond acceptors (Lipinski definition) is 4. The van der Waals surface area contributed by atoms with Crippen LogP contribution in [0.25, 0.3) is 0 Å². The van der Waals surface area contributed by atoms with Gasteiger partial charge in [-0.15, -0.1) is 0 Å². The van der Waals surface area contributed by atoms with Gasteiger partial charge in [-0.25, -0.2) is 17.6 Å². The van der Waals surface area contributed by atoms with E-state index in [1.165, 1.54) is 44.5 Å². The van der Waals surface area contributed by atoms with Crippen molar-refractivity contribution in [3.63, 3.8) is 0 Å². The summed E-state index contributed by atoms with van der Waals surface area (Å²) in [5.41, 5.74) is -0.435. The lowest BCUT2D eigenvalue weighted by Crippen LogP contribution is -2.27. The second kappa shape index (κ2) is 6.25. The number of carboxylic acids is 1. The molecule has 0 atom stereocenters. The van der Waals surface area contributed by atoms with Crippen LogP contribution >= 0.6 is 0 Å². The molecular weight excluding hydrogens is 325 g/mol. The van der Waals surface area contributed by atoms with Crippen LogP contribution in [-0.2, 0) is 10.0 Å². The fourth-order valence-electron chi connectivity index (χ4n) is 2.01. The van der Waals surface area contributed by atoms with Gasteiger partial charge in [0.1, 0.15) is 17.1 Å². The zero-order valence-electron chi connectivity index (χ0n) is 12.4. The number of hydrogen-bond donors (Lipinski definition) is 1. The molecule has 0 saturated heterocycles. The van der Waals surface area contributed by atoms with E-state index in [1.807, 2.05) is 0 Å². The molecule has 0 amide bonds. The Morgan fingerprint density at radius 1 is 1.22 bits per heavy atom. The molecule has 0 spiro atoms. The van der Waals surface area contributed by atoms with E-state index >= 15 is 0 Å². The van der Waals surface area contributed by atoms with Crippen molar-refractivity contribution in [1.82, 2.24) is 0 Å². The highest BCUT2D eigenvalue weighted by Crippen LogP contribution is 2.28. The van der Waals surface area contributed by atoms with Gasteiger partial charge in [0.2, 0.25) is 0 Å². The van der Waals surface area contributed by atoms with E-state index in [4.69, 9.17) is 9.84 Å². The van der Waals surface area contributed by atoms with Gasteiger partial charge in [-0.2, -0.15) is 0 Å². The molecule has 0 heterocycles. The predicted octanol–water partition coefficient (Wildman–Crippen LogP) is 2.36. The standard InChI is InChI=1S/C15H14FNO5S/c1-17(13-6-4-3-5-12(13)16)23(20,21)10-7-8-14(22-2)11(9-10)15(18)19/h3-9H,1-2H3,(H,18,19). The molecule has 122 valence electrons. The number of carbonyl (C=O) groups is 1. The summed E-state index contributed by atoms with van der Waals surface area (Å²) in [6.07, 6.45) is 0. The van der Waals surface area contributed by atoms with Crippen molar-refractivity contribution in [1.29, 1.82) is 0 Å². The third-order valence-corrected chi connectivity index (χ3v) is 5.02. The Bertz CT molecular complexity index is 851. The number of anilines is 1. The van der Waals surface area contributed by atoms with Crippen LogP contribution in [0.2, 0.25) is 0 Å². The minimum atomic E-state index is -4.12. The van der Waals surface area contributed by atoms with Crippen LogP contribution in [0.4, 0.5) is 10.1 Å². The molecule has 0 bridgehead atoms. The Labute approximate surface area is 132 Å². The summed E-state index contributed by atoms with van der Waals surface area (Å²) < 4.78 is 44.6. The normalized spacial score (nSPS) is 11.1. The molecule has 0 aliphatic rings. The summed E-state index contributed by atoms with van der Waals surface area (Å²) in [5.74, 6) is -2.00. The molecule has 2 rings (SSSR count). The summed E-state index contributed by atoms with van der Waals surface area (Å²) in [6.45, 7) is 0. The number of halogens is 1. The maximum absolute atomic E-state index is 13.8. The minimum Gasteiger partial charge on any atom is -0.496 e. The number of aromatic carboxylic acids is 1. The summed E-state index contributed by atoms with van der Waals surface area (Å²) >= 11 is 0. The van der Waals surface area contributed by atoms with Crippen LogP contribution in [0.1, 0.15) is 10.4 Å². The SMILES string of the molecule is COc1ccc(S(=O)(=O)N(C)c2ccccc2F)cc1C(=O)O. The van der Waals surface area contributed by atoms with Crippen molar-refractivity contribution in [2.24, 2.45) is 0 Å². The second-order valence-electron chi connectivity index (χ2n) is 4.59. The summed E-state index contributed by atoms with van der Waals surface area (Å²) in [7, 11) is -1.65. The van der Waals surface area contributed by atoms with Crippen molar-refractivity contribution in [2.75, 3.05) is 18.5 Å². The molecule has 0 aromatic heterocycles. The third kappa shape index (κ3) is 3.11. The second-order valence-corrected chi connectivity index (χ2v) is 6.56. The van der Waals surface area contributed by atoms with Gasteiger partial charge in [0.05, 0.1) is 17.7 Å². The first-order valence-electron chi connectivity index (χ1n) is 6.44. The lowest BCUT2D eigenvalue weighted by atomic mass is 10.2. The van der Waals surface area contributed by atoms with Crippen molar-refractivity contribution < 1.29 is 27.4 Å². The molecule has 0 saturated carbocycles.